The molecular weight excluding hydrogens is 270 g/mol. The summed E-state index contributed by atoms with van der Waals surface area (Å²) in [6.45, 7) is 2.69. The molecule has 0 atom stereocenters. The van der Waals surface area contributed by atoms with E-state index in [1.165, 1.54) is 31.4 Å². The largest absolute Gasteiger partial charge is 0.393 e. The van der Waals surface area contributed by atoms with E-state index in [-0.39, 0.29) is 22.4 Å². The summed E-state index contributed by atoms with van der Waals surface area (Å²) in [6, 6.07) is 4.42. The van der Waals surface area contributed by atoms with Crippen LogP contribution in [0, 0.1) is 15.5 Å². The number of anilines is 1. The molecular formula is C15H21N3O3. The molecule has 6 nitrogen and oxygen atoms in total. The van der Waals surface area contributed by atoms with Crippen LogP contribution in [0.2, 0.25) is 0 Å². The number of nitro benzene ring substituents is 1. The van der Waals surface area contributed by atoms with E-state index >= 15 is 0 Å². The number of carbonyl (C=O) groups is 1. The molecule has 0 saturated heterocycles. The lowest BCUT2D eigenvalue weighted by atomic mass is 9.76. The molecule has 0 aliphatic heterocycles. The number of nitro groups is 1. The van der Waals surface area contributed by atoms with Crippen molar-refractivity contribution in [1.82, 2.24) is 5.32 Å². The van der Waals surface area contributed by atoms with Crippen molar-refractivity contribution in [2.75, 3.05) is 12.3 Å². The van der Waals surface area contributed by atoms with Crippen LogP contribution in [0.15, 0.2) is 18.2 Å². The zero-order chi connectivity index (χ0) is 15.5. The predicted molar refractivity (Wildman–Crippen MR) is 81.0 cm³/mol. The third kappa shape index (κ3) is 3.51. The number of amides is 1. The number of benzene rings is 1. The monoisotopic (exact) mass is 291 g/mol. The Bertz CT molecular complexity index is 551. The smallest absolute Gasteiger partial charge is 0.304 e. The van der Waals surface area contributed by atoms with Crippen molar-refractivity contribution in [3.8, 4) is 0 Å². The molecule has 3 N–H and O–H groups in total. The highest BCUT2D eigenvalue weighted by Crippen LogP contribution is 2.35. The van der Waals surface area contributed by atoms with Gasteiger partial charge >= 0.3 is 5.69 Å². The quantitative estimate of drug-likeness (QED) is 0.506. The molecule has 114 valence electrons. The van der Waals surface area contributed by atoms with Crippen molar-refractivity contribution in [3.63, 3.8) is 0 Å². The molecule has 0 unspecified atom stereocenters. The van der Waals surface area contributed by atoms with E-state index < -0.39 is 10.8 Å². The highest BCUT2D eigenvalue weighted by atomic mass is 16.6. The Hall–Kier alpha value is -2.11. The topological polar surface area (TPSA) is 98.3 Å². The maximum atomic E-state index is 12.2. The Morgan fingerprint density at radius 1 is 1.38 bits per heavy atom. The molecule has 0 heterocycles. The fourth-order valence-corrected chi connectivity index (χ4v) is 2.92. The van der Waals surface area contributed by atoms with Crippen LogP contribution in [-0.2, 0) is 0 Å². The fourth-order valence-electron chi connectivity index (χ4n) is 2.92. The van der Waals surface area contributed by atoms with Gasteiger partial charge in [-0.2, -0.15) is 0 Å². The molecule has 1 saturated carbocycles. The molecule has 2 rings (SSSR count). The number of nitrogens with two attached hydrogens (primary N) is 1. The Morgan fingerprint density at radius 3 is 2.67 bits per heavy atom. The van der Waals surface area contributed by atoms with Crippen LogP contribution in [0.3, 0.4) is 0 Å². The van der Waals surface area contributed by atoms with Gasteiger partial charge in [-0.05, 0) is 30.4 Å². The van der Waals surface area contributed by atoms with Gasteiger partial charge in [0.05, 0.1) is 4.92 Å². The average Bonchev–Trinajstić information content (AvgIpc) is 2.45. The number of rotatable bonds is 4. The van der Waals surface area contributed by atoms with Crippen molar-refractivity contribution in [2.45, 2.75) is 39.0 Å². The second kappa shape index (κ2) is 6.11. The van der Waals surface area contributed by atoms with E-state index in [9.17, 15) is 14.9 Å². The third-order valence-corrected chi connectivity index (χ3v) is 4.23. The van der Waals surface area contributed by atoms with Crippen LogP contribution in [0.5, 0.6) is 0 Å². The minimum atomic E-state index is -0.605. The lowest BCUT2D eigenvalue weighted by Gasteiger charge is -2.33. The zero-order valence-corrected chi connectivity index (χ0v) is 12.2. The minimum Gasteiger partial charge on any atom is -0.393 e. The Labute approximate surface area is 123 Å². The summed E-state index contributed by atoms with van der Waals surface area (Å²) in [6.07, 6.45) is 5.73. The van der Waals surface area contributed by atoms with Crippen molar-refractivity contribution in [1.29, 1.82) is 0 Å². The highest BCUT2D eigenvalue weighted by Gasteiger charge is 2.29. The molecule has 1 aliphatic carbocycles. The second-order valence-electron chi connectivity index (χ2n) is 6.05. The van der Waals surface area contributed by atoms with E-state index in [0.29, 0.717) is 6.54 Å². The lowest BCUT2D eigenvalue weighted by molar-refractivity contribution is -0.384. The predicted octanol–water partition coefficient (Wildman–Crippen LogP) is 2.88. The summed E-state index contributed by atoms with van der Waals surface area (Å²) in [5, 5.41) is 13.9. The number of nitrogens with one attached hydrogen (secondary N) is 1. The number of hydrogen-bond acceptors (Lipinski definition) is 4. The zero-order valence-electron chi connectivity index (χ0n) is 12.2. The van der Waals surface area contributed by atoms with Gasteiger partial charge in [0.15, 0.2) is 0 Å². The number of nitrogens with zero attached hydrogens (tertiary/aromatic N) is 1. The maximum Gasteiger partial charge on any atom is 0.304 e. The third-order valence-electron chi connectivity index (χ3n) is 4.23. The Morgan fingerprint density at radius 2 is 2.05 bits per heavy atom. The molecule has 0 spiro atoms. The first-order valence-corrected chi connectivity index (χ1v) is 7.24. The highest BCUT2D eigenvalue weighted by molar-refractivity contribution is 6.00. The minimum absolute atomic E-state index is 0.0107. The maximum absolute atomic E-state index is 12.2. The lowest BCUT2D eigenvalue weighted by Crippen LogP contribution is -2.37. The summed E-state index contributed by atoms with van der Waals surface area (Å²) in [4.78, 5) is 22.7. The van der Waals surface area contributed by atoms with Crippen LogP contribution in [-0.4, -0.2) is 17.4 Å². The first-order chi connectivity index (χ1) is 9.93. The van der Waals surface area contributed by atoms with Crippen LogP contribution >= 0.6 is 0 Å². The molecule has 1 amide bonds. The molecule has 6 heteroatoms. The molecule has 1 aromatic carbocycles. The van der Waals surface area contributed by atoms with Crippen molar-refractivity contribution in [3.05, 3.63) is 33.9 Å². The van der Waals surface area contributed by atoms with Crippen LogP contribution < -0.4 is 11.1 Å². The summed E-state index contributed by atoms with van der Waals surface area (Å²) in [5.74, 6) is -0.430. The van der Waals surface area contributed by atoms with Gasteiger partial charge < -0.3 is 11.1 Å². The number of carbonyl (C=O) groups excluding carboxylic acids is 1. The summed E-state index contributed by atoms with van der Waals surface area (Å²) in [5.41, 5.74) is 5.41. The van der Waals surface area contributed by atoms with Gasteiger partial charge in [-0.1, -0.05) is 32.3 Å². The van der Waals surface area contributed by atoms with E-state index in [1.807, 2.05) is 0 Å². The number of nitrogen functional groups attached to an aromatic ring is 1. The fraction of sp³-hybridized carbons (Fsp3) is 0.533. The van der Waals surface area contributed by atoms with Gasteiger partial charge in [-0.3, -0.25) is 14.9 Å². The van der Waals surface area contributed by atoms with Gasteiger partial charge in [-0.25, -0.2) is 0 Å². The van der Waals surface area contributed by atoms with E-state index in [2.05, 4.69) is 12.2 Å². The Balaban J connectivity index is 2.10. The number of para-hydroxylation sites is 1. The molecule has 21 heavy (non-hydrogen) atoms. The van der Waals surface area contributed by atoms with E-state index in [4.69, 9.17) is 5.73 Å². The second-order valence-corrected chi connectivity index (χ2v) is 6.05. The molecule has 0 radical (unpaired) electrons. The van der Waals surface area contributed by atoms with Crippen molar-refractivity contribution < 1.29 is 9.72 Å². The van der Waals surface area contributed by atoms with Gasteiger partial charge in [0, 0.05) is 6.54 Å². The normalized spacial score (nSPS) is 17.2. The van der Waals surface area contributed by atoms with E-state index in [0.717, 1.165) is 12.8 Å². The van der Waals surface area contributed by atoms with Gasteiger partial charge in [0.2, 0.25) is 0 Å². The van der Waals surface area contributed by atoms with Gasteiger partial charge in [-0.15, -0.1) is 0 Å². The van der Waals surface area contributed by atoms with Gasteiger partial charge in [0.1, 0.15) is 11.3 Å². The average molecular weight is 291 g/mol. The van der Waals surface area contributed by atoms with Crippen LogP contribution in [0.25, 0.3) is 0 Å². The molecule has 1 fully saturated rings. The SMILES string of the molecule is CC1(CNC(=O)c2cccc(N)c2[N+](=O)[O-])CCCCC1. The summed E-state index contributed by atoms with van der Waals surface area (Å²) in [7, 11) is 0. The summed E-state index contributed by atoms with van der Waals surface area (Å²) < 4.78 is 0. The molecule has 0 bridgehead atoms. The van der Waals surface area contributed by atoms with Gasteiger partial charge in [0.25, 0.3) is 5.91 Å². The standard InChI is InChI=1S/C15H21N3O3/c1-15(8-3-2-4-9-15)10-17-14(19)11-6-5-7-12(16)13(11)18(20)21/h5-7H,2-4,8-10,16H2,1H3,(H,17,19). The summed E-state index contributed by atoms with van der Waals surface area (Å²) >= 11 is 0. The molecule has 0 aromatic heterocycles. The van der Waals surface area contributed by atoms with Crippen LogP contribution in [0.1, 0.15) is 49.4 Å². The first-order valence-electron chi connectivity index (χ1n) is 7.24. The van der Waals surface area contributed by atoms with E-state index in [1.54, 1.807) is 6.07 Å². The van der Waals surface area contributed by atoms with Crippen molar-refractivity contribution in [2.24, 2.45) is 5.41 Å². The first kappa shape index (κ1) is 15.3. The molecule has 1 aromatic rings. The number of hydrogen-bond donors (Lipinski definition) is 2. The molecule has 1 aliphatic rings. The van der Waals surface area contributed by atoms with Crippen molar-refractivity contribution >= 4 is 17.3 Å². The Kier molecular flexibility index (Phi) is 4.45. The van der Waals surface area contributed by atoms with Crippen LogP contribution in [0.4, 0.5) is 11.4 Å².